The SMILES string of the molecule is NC(=S)c1ccc(NCCCS(N)(=O)=O)cc1F. The van der Waals surface area contributed by atoms with Crippen LogP contribution in [0.15, 0.2) is 18.2 Å². The predicted molar refractivity (Wildman–Crippen MR) is 73.4 cm³/mol. The van der Waals surface area contributed by atoms with Gasteiger partial charge in [0.25, 0.3) is 0 Å². The minimum Gasteiger partial charge on any atom is -0.389 e. The minimum absolute atomic E-state index is 0.00623. The molecule has 1 aromatic carbocycles. The van der Waals surface area contributed by atoms with Gasteiger partial charge in [-0.05, 0) is 24.6 Å². The predicted octanol–water partition coefficient (Wildman–Crippen LogP) is 0.550. The van der Waals surface area contributed by atoms with Gasteiger partial charge in [-0.2, -0.15) is 0 Å². The molecule has 0 aliphatic rings. The fraction of sp³-hybridized carbons (Fsp3) is 0.300. The Morgan fingerprint density at radius 2 is 2.11 bits per heavy atom. The zero-order valence-corrected chi connectivity index (χ0v) is 11.2. The molecule has 8 heteroatoms. The third-order valence-electron chi connectivity index (χ3n) is 2.17. The molecule has 0 atom stereocenters. The molecule has 18 heavy (non-hydrogen) atoms. The van der Waals surface area contributed by atoms with Gasteiger partial charge in [0.1, 0.15) is 10.8 Å². The normalized spacial score (nSPS) is 11.2. The number of sulfonamides is 1. The Morgan fingerprint density at radius 3 is 2.61 bits per heavy atom. The molecule has 0 aromatic heterocycles. The van der Waals surface area contributed by atoms with Crippen LogP contribution in [0.3, 0.4) is 0 Å². The fourth-order valence-electron chi connectivity index (χ4n) is 1.33. The van der Waals surface area contributed by atoms with E-state index in [1.54, 1.807) is 6.07 Å². The molecule has 0 aliphatic heterocycles. The molecule has 1 rings (SSSR count). The monoisotopic (exact) mass is 291 g/mol. The topological polar surface area (TPSA) is 98.2 Å². The van der Waals surface area contributed by atoms with Crippen LogP contribution >= 0.6 is 12.2 Å². The number of benzene rings is 1. The molecule has 1 aromatic rings. The maximum Gasteiger partial charge on any atom is 0.209 e. The second kappa shape index (κ2) is 6.07. The average Bonchev–Trinajstić information content (AvgIpc) is 2.22. The molecule has 0 saturated heterocycles. The van der Waals surface area contributed by atoms with Crippen molar-refractivity contribution in [3.8, 4) is 0 Å². The van der Waals surface area contributed by atoms with Gasteiger partial charge in [-0.3, -0.25) is 0 Å². The van der Waals surface area contributed by atoms with Gasteiger partial charge in [-0.1, -0.05) is 12.2 Å². The largest absolute Gasteiger partial charge is 0.389 e. The third kappa shape index (κ3) is 4.94. The van der Waals surface area contributed by atoms with Crippen LogP contribution in [0.2, 0.25) is 0 Å². The number of nitrogens with one attached hydrogen (secondary N) is 1. The van der Waals surface area contributed by atoms with Gasteiger partial charge >= 0.3 is 0 Å². The highest BCUT2D eigenvalue weighted by atomic mass is 32.2. The maximum atomic E-state index is 13.5. The van der Waals surface area contributed by atoms with Crippen molar-refractivity contribution in [2.45, 2.75) is 6.42 Å². The van der Waals surface area contributed by atoms with Crippen LogP contribution in [-0.4, -0.2) is 25.7 Å². The zero-order chi connectivity index (χ0) is 13.8. The molecule has 0 saturated carbocycles. The Hall–Kier alpha value is -1.25. The molecule has 5 nitrogen and oxygen atoms in total. The molecule has 0 amide bonds. The summed E-state index contributed by atoms with van der Waals surface area (Å²) in [5, 5.41) is 7.73. The van der Waals surface area contributed by atoms with Gasteiger partial charge in [0.05, 0.1) is 5.75 Å². The van der Waals surface area contributed by atoms with Crippen molar-refractivity contribution in [3.63, 3.8) is 0 Å². The Kier molecular flexibility index (Phi) is 5.00. The summed E-state index contributed by atoms with van der Waals surface area (Å²) in [6.45, 7) is 0.377. The Balaban J connectivity index is 2.54. The number of anilines is 1. The Bertz CT molecular complexity index is 546. The van der Waals surface area contributed by atoms with Crippen LogP contribution in [0.1, 0.15) is 12.0 Å². The highest BCUT2D eigenvalue weighted by molar-refractivity contribution is 7.89. The molecule has 0 unspecified atom stereocenters. The third-order valence-corrected chi connectivity index (χ3v) is 3.25. The number of halogens is 1. The van der Waals surface area contributed by atoms with Gasteiger partial charge in [0.15, 0.2) is 0 Å². The smallest absolute Gasteiger partial charge is 0.209 e. The van der Waals surface area contributed by atoms with Gasteiger partial charge in [0.2, 0.25) is 10.0 Å². The molecular weight excluding hydrogens is 277 g/mol. The quantitative estimate of drug-likeness (QED) is 0.525. The molecule has 0 fully saturated rings. The summed E-state index contributed by atoms with van der Waals surface area (Å²) in [7, 11) is -3.45. The van der Waals surface area contributed by atoms with E-state index in [0.717, 1.165) is 0 Å². The van der Waals surface area contributed by atoms with Crippen molar-refractivity contribution >= 4 is 32.9 Å². The van der Waals surface area contributed by atoms with E-state index in [1.807, 2.05) is 0 Å². The number of nitrogens with two attached hydrogens (primary N) is 2. The van der Waals surface area contributed by atoms with Crippen LogP contribution in [0, 0.1) is 5.82 Å². The van der Waals surface area contributed by atoms with Gasteiger partial charge in [-0.25, -0.2) is 17.9 Å². The molecule has 0 spiro atoms. The van der Waals surface area contributed by atoms with E-state index < -0.39 is 15.8 Å². The first-order valence-corrected chi connectivity index (χ1v) is 7.25. The summed E-state index contributed by atoms with van der Waals surface area (Å²) in [6.07, 6.45) is 0.345. The van der Waals surface area contributed by atoms with E-state index in [2.05, 4.69) is 17.5 Å². The summed E-state index contributed by atoms with van der Waals surface area (Å²) in [5.41, 5.74) is 6.03. The number of hydrogen-bond donors (Lipinski definition) is 3. The Labute approximate surface area is 110 Å². The molecule has 0 bridgehead atoms. The highest BCUT2D eigenvalue weighted by Crippen LogP contribution is 2.14. The van der Waals surface area contributed by atoms with E-state index in [9.17, 15) is 12.8 Å². The summed E-state index contributed by atoms with van der Waals surface area (Å²) in [4.78, 5) is -0.00623. The summed E-state index contributed by atoms with van der Waals surface area (Å²) in [6, 6.07) is 4.35. The lowest BCUT2D eigenvalue weighted by Crippen LogP contribution is -2.18. The second-order valence-electron chi connectivity index (χ2n) is 3.71. The second-order valence-corrected chi connectivity index (χ2v) is 5.88. The molecule has 100 valence electrons. The molecular formula is C10H14FN3O2S2. The van der Waals surface area contributed by atoms with Crippen LogP contribution in [0.5, 0.6) is 0 Å². The van der Waals surface area contributed by atoms with Crippen molar-refractivity contribution in [2.75, 3.05) is 17.6 Å². The zero-order valence-electron chi connectivity index (χ0n) is 9.52. The lowest BCUT2D eigenvalue weighted by molar-refractivity contribution is 0.595. The van der Waals surface area contributed by atoms with E-state index in [0.29, 0.717) is 18.7 Å². The molecule has 0 aliphatic carbocycles. The highest BCUT2D eigenvalue weighted by Gasteiger charge is 2.06. The van der Waals surface area contributed by atoms with Crippen molar-refractivity contribution in [3.05, 3.63) is 29.6 Å². The first-order valence-electron chi connectivity index (χ1n) is 5.13. The first kappa shape index (κ1) is 14.8. The van der Waals surface area contributed by atoms with Crippen molar-refractivity contribution in [1.29, 1.82) is 0 Å². The van der Waals surface area contributed by atoms with Crippen LogP contribution in [-0.2, 0) is 10.0 Å². The Morgan fingerprint density at radius 1 is 1.44 bits per heavy atom. The van der Waals surface area contributed by atoms with Gasteiger partial charge in [-0.15, -0.1) is 0 Å². The summed E-state index contributed by atoms with van der Waals surface area (Å²) < 4.78 is 34.8. The lowest BCUT2D eigenvalue weighted by Gasteiger charge is -2.07. The van der Waals surface area contributed by atoms with Crippen molar-refractivity contribution < 1.29 is 12.8 Å². The number of hydrogen-bond acceptors (Lipinski definition) is 4. The van der Waals surface area contributed by atoms with Crippen LogP contribution in [0.25, 0.3) is 0 Å². The molecule has 0 radical (unpaired) electrons. The van der Waals surface area contributed by atoms with E-state index in [-0.39, 0.29) is 16.3 Å². The number of primary sulfonamides is 1. The summed E-state index contributed by atoms with van der Waals surface area (Å²) in [5.74, 6) is -0.632. The number of rotatable bonds is 6. The van der Waals surface area contributed by atoms with E-state index in [1.165, 1.54) is 12.1 Å². The first-order chi connectivity index (χ1) is 8.29. The van der Waals surface area contributed by atoms with Crippen LogP contribution < -0.4 is 16.2 Å². The lowest BCUT2D eigenvalue weighted by atomic mass is 10.2. The fourth-order valence-corrected chi connectivity index (χ4v) is 2.04. The van der Waals surface area contributed by atoms with E-state index in [4.69, 9.17) is 10.9 Å². The standard InChI is InChI=1S/C10H14FN3O2S2/c11-9-6-7(2-3-8(9)10(12)17)14-4-1-5-18(13,15)16/h2-3,6,14H,1,4-5H2,(H2,12,17)(H2,13,15,16). The van der Waals surface area contributed by atoms with E-state index >= 15 is 0 Å². The summed E-state index contributed by atoms with van der Waals surface area (Å²) >= 11 is 4.68. The van der Waals surface area contributed by atoms with Crippen molar-refractivity contribution in [1.82, 2.24) is 0 Å². The molecule has 0 heterocycles. The van der Waals surface area contributed by atoms with Crippen LogP contribution in [0.4, 0.5) is 10.1 Å². The number of thiocarbonyl (C=S) groups is 1. The van der Waals surface area contributed by atoms with Crippen molar-refractivity contribution in [2.24, 2.45) is 10.9 Å². The average molecular weight is 291 g/mol. The minimum atomic E-state index is -3.45. The van der Waals surface area contributed by atoms with Gasteiger partial charge < -0.3 is 11.1 Å². The maximum absolute atomic E-state index is 13.5. The van der Waals surface area contributed by atoms with Gasteiger partial charge in [0, 0.05) is 17.8 Å². The molecule has 5 N–H and O–H groups in total.